The quantitative estimate of drug-likeness (QED) is 0.438. The van der Waals surface area contributed by atoms with Crippen LogP contribution in [0.15, 0.2) is 23.3 Å². The third kappa shape index (κ3) is 2.95. The Morgan fingerprint density at radius 2 is 1.79 bits per heavy atom. The third-order valence-corrected chi connectivity index (χ3v) is 9.36. The van der Waals surface area contributed by atoms with Crippen LogP contribution in [0, 0.1) is 78.6 Å². The molecule has 5 rings (SSSR count). The molecular formula is C24H36AcO3. The number of allylic oxidation sites excluding steroid dienone is 3. The van der Waals surface area contributed by atoms with Crippen LogP contribution >= 0.6 is 0 Å². The molecule has 0 aromatic heterocycles. The number of hydrogen-bond acceptors (Lipinski definition) is 3. The summed E-state index contributed by atoms with van der Waals surface area (Å²) in [4.78, 5) is 0. The van der Waals surface area contributed by atoms with E-state index in [0.717, 1.165) is 25.2 Å². The standard InChI is InChI=1S/C24H36O3.Ac/c1-15-9-10-22(2)16(13-15)5-6-17-18-7-8-20(24(4)26-11-12-27-24)23(18,3)21(25)14-19(17)22;/h5,7,15,17,19-21,25H,6,8-14H2,1-4H3;/t15-,17?,19?,20?,21?,22-,23-;/m0./s1. The number of hydrogen-bond donors (Lipinski definition) is 1. The average Bonchev–Trinajstić information content (AvgIpc) is 3.22. The normalized spacial score (nSPS) is 49.2. The molecule has 153 valence electrons. The molecule has 0 amide bonds. The summed E-state index contributed by atoms with van der Waals surface area (Å²) in [5.74, 6) is 1.63. The third-order valence-electron chi connectivity index (χ3n) is 9.36. The van der Waals surface area contributed by atoms with Crippen LogP contribution in [0.4, 0.5) is 0 Å². The van der Waals surface area contributed by atoms with Crippen LogP contribution in [0.2, 0.25) is 0 Å². The molecular weight excluding hydrogens is 563 g/mol. The minimum atomic E-state index is -0.555. The maximum atomic E-state index is 11.5. The van der Waals surface area contributed by atoms with Crippen LogP contribution in [0.5, 0.6) is 0 Å². The van der Waals surface area contributed by atoms with Gasteiger partial charge in [0.25, 0.3) is 0 Å². The first-order chi connectivity index (χ1) is 12.8. The van der Waals surface area contributed by atoms with E-state index in [1.807, 2.05) is 0 Å². The fourth-order valence-corrected chi connectivity index (χ4v) is 7.66. The molecule has 2 saturated carbocycles. The van der Waals surface area contributed by atoms with Crippen LogP contribution in [-0.4, -0.2) is 30.2 Å². The molecule has 1 N–H and O–H groups in total. The number of fused-ring (bicyclic) bond motifs is 5. The molecule has 1 saturated heterocycles. The van der Waals surface area contributed by atoms with Gasteiger partial charge in [0.2, 0.25) is 0 Å². The second-order valence-corrected chi connectivity index (χ2v) is 10.6. The van der Waals surface area contributed by atoms with Crippen molar-refractivity contribution in [3.05, 3.63) is 23.3 Å². The van der Waals surface area contributed by atoms with E-state index in [9.17, 15) is 5.11 Å². The Morgan fingerprint density at radius 1 is 1.07 bits per heavy atom. The van der Waals surface area contributed by atoms with Crippen molar-refractivity contribution >= 4 is 0 Å². The zero-order valence-corrected chi connectivity index (χ0v) is 22.8. The van der Waals surface area contributed by atoms with Crippen LogP contribution in [0.3, 0.4) is 0 Å². The molecule has 5 aliphatic rings. The second-order valence-electron chi connectivity index (χ2n) is 10.6. The minimum absolute atomic E-state index is 0. The van der Waals surface area contributed by atoms with Gasteiger partial charge in [-0.25, -0.2) is 0 Å². The number of aliphatic hydroxyl groups is 1. The Morgan fingerprint density at radius 3 is 2.50 bits per heavy atom. The Balaban J connectivity index is 0.00000192. The zero-order valence-electron chi connectivity index (χ0n) is 18.0. The van der Waals surface area contributed by atoms with Crippen LogP contribution in [0.25, 0.3) is 0 Å². The summed E-state index contributed by atoms with van der Waals surface area (Å²) in [5.41, 5.74) is 3.25. The molecule has 4 heteroatoms. The topological polar surface area (TPSA) is 38.7 Å². The Kier molecular flexibility index (Phi) is 5.85. The molecule has 0 aromatic carbocycles. The van der Waals surface area contributed by atoms with Gasteiger partial charge in [0.05, 0.1) is 19.3 Å². The fourth-order valence-electron chi connectivity index (χ4n) is 7.66. The van der Waals surface area contributed by atoms with E-state index in [-0.39, 0.29) is 66.9 Å². The van der Waals surface area contributed by atoms with E-state index in [4.69, 9.17) is 9.47 Å². The summed E-state index contributed by atoms with van der Waals surface area (Å²) in [6.07, 6.45) is 11.6. The maximum absolute atomic E-state index is 11.5. The molecule has 28 heavy (non-hydrogen) atoms. The molecule has 1 aliphatic heterocycles. The van der Waals surface area contributed by atoms with Crippen molar-refractivity contribution in [2.75, 3.05) is 13.2 Å². The molecule has 3 fully saturated rings. The molecule has 4 unspecified atom stereocenters. The number of rotatable bonds is 1. The summed E-state index contributed by atoms with van der Waals surface area (Å²) in [6.45, 7) is 10.6. The van der Waals surface area contributed by atoms with E-state index < -0.39 is 5.79 Å². The van der Waals surface area contributed by atoms with Crippen molar-refractivity contribution in [2.45, 2.75) is 78.1 Å². The van der Waals surface area contributed by atoms with Gasteiger partial charge in [0.15, 0.2) is 5.79 Å². The van der Waals surface area contributed by atoms with E-state index in [0.29, 0.717) is 25.0 Å². The SMILES string of the molecule is C[C@H]1CC[C@@]2(C)C(=CCC3C4=CCC(C5(C)OCCO5)[C@@]4(C)C(O)CC32)C1.[Ac]. The summed E-state index contributed by atoms with van der Waals surface area (Å²) < 4.78 is 12.1. The Hall–Kier alpha value is 0.802. The number of aliphatic hydroxyl groups excluding tert-OH is 1. The van der Waals surface area contributed by atoms with Crippen molar-refractivity contribution in [3.8, 4) is 0 Å². The van der Waals surface area contributed by atoms with Gasteiger partial charge in [-0.05, 0) is 68.6 Å². The van der Waals surface area contributed by atoms with Gasteiger partial charge < -0.3 is 14.6 Å². The number of ether oxygens (including phenoxy) is 2. The molecule has 1 heterocycles. The van der Waals surface area contributed by atoms with E-state index in [1.54, 1.807) is 5.57 Å². The van der Waals surface area contributed by atoms with Gasteiger partial charge in [-0.2, -0.15) is 0 Å². The Bertz CT molecular complexity index is 694. The fraction of sp³-hybridized carbons (Fsp3) is 0.833. The molecule has 0 spiro atoms. The van der Waals surface area contributed by atoms with Gasteiger partial charge in [-0.3, -0.25) is 0 Å². The summed E-state index contributed by atoms with van der Waals surface area (Å²) in [6, 6.07) is 0. The van der Waals surface area contributed by atoms with E-state index in [2.05, 4.69) is 39.8 Å². The van der Waals surface area contributed by atoms with Gasteiger partial charge in [-0.1, -0.05) is 44.1 Å². The molecule has 3 nitrogen and oxygen atoms in total. The van der Waals surface area contributed by atoms with Gasteiger partial charge in [-0.15, -0.1) is 0 Å². The van der Waals surface area contributed by atoms with Crippen molar-refractivity contribution in [1.82, 2.24) is 0 Å². The predicted molar refractivity (Wildman–Crippen MR) is 106 cm³/mol. The van der Waals surface area contributed by atoms with Gasteiger partial charge in [0, 0.05) is 55.4 Å². The molecule has 0 aromatic rings. The van der Waals surface area contributed by atoms with Crippen LogP contribution in [0.1, 0.15) is 66.2 Å². The predicted octanol–water partition coefficient (Wildman–Crippen LogP) is 4.86. The molecule has 7 atom stereocenters. The first-order valence-corrected chi connectivity index (χ1v) is 11.1. The monoisotopic (exact) mass is 599 g/mol. The largest absolute Gasteiger partial charge is 0.392 e. The second kappa shape index (κ2) is 7.44. The van der Waals surface area contributed by atoms with E-state index >= 15 is 0 Å². The summed E-state index contributed by atoms with van der Waals surface area (Å²) >= 11 is 0. The molecule has 1 radical (unpaired) electrons. The Labute approximate surface area is 206 Å². The smallest absolute Gasteiger partial charge is 0.169 e. The van der Waals surface area contributed by atoms with Crippen LogP contribution < -0.4 is 0 Å². The first-order valence-electron chi connectivity index (χ1n) is 11.1. The van der Waals surface area contributed by atoms with Gasteiger partial charge in [0.1, 0.15) is 0 Å². The van der Waals surface area contributed by atoms with Crippen molar-refractivity contribution in [3.63, 3.8) is 0 Å². The molecule has 4 aliphatic carbocycles. The van der Waals surface area contributed by atoms with Crippen molar-refractivity contribution in [2.24, 2.45) is 34.5 Å². The average molecular weight is 600 g/mol. The van der Waals surface area contributed by atoms with Gasteiger partial charge >= 0.3 is 0 Å². The van der Waals surface area contributed by atoms with Crippen molar-refractivity contribution in [1.29, 1.82) is 0 Å². The van der Waals surface area contributed by atoms with E-state index in [1.165, 1.54) is 24.8 Å². The summed E-state index contributed by atoms with van der Waals surface area (Å²) in [5, 5.41) is 11.5. The van der Waals surface area contributed by atoms with Crippen molar-refractivity contribution < 1.29 is 58.6 Å². The zero-order chi connectivity index (χ0) is 19.0. The first kappa shape index (κ1) is 22.0. The summed E-state index contributed by atoms with van der Waals surface area (Å²) in [7, 11) is 0. The maximum Gasteiger partial charge on any atom is 0.169 e. The minimum Gasteiger partial charge on any atom is -0.392 e. The molecule has 0 bridgehead atoms. The van der Waals surface area contributed by atoms with Crippen LogP contribution in [-0.2, 0) is 9.47 Å².